The van der Waals surface area contributed by atoms with Crippen molar-refractivity contribution in [3.8, 4) is 5.75 Å². The number of hydrogen-bond donors (Lipinski definition) is 1. The quantitative estimate of drug-likeness (QED) is 0.649. The molecule has 0 heterocycles. The van der Waals surface area contributed by atoms with Gasteiger partial charge in [0, 0.05) is 19.7 Å². The lowest BCUT2D eigenvalue weighted by molar-refractivity contribution is 0.132. The molecule has 0 unspecified atom stereocenters. The molecule has 0 radical (unpaired) electrons. The van der Waals surface area contributed by atoms with Crippen molar-refractivity contribution in [3.63, 3.8) is 0 Å². The molecule has 3 heteroatoms. The summed E-state index contributed by atoms with van der Waals surface area (Å²) in [5, 5.41) is 3.30. The van der Waals surface area contributed by atoms with E-state index in [1.165, 1.54) is 12.0 Å². The Hall–Kier alpha value is -1.06. The Labute approximate surface area is 110 Å². The third-order valence-corrected chi connectivity index (χ3v) is 2.60. The summed E-state index contributed by atoms with van der Waals surface area (Å²) in [4.78, 5) is 0. The summed E-state index contributed by atoms with van der Waals surface area (Å²) in [6, 6.07) is 8.12. The molecule has 0 atom stereocenters. The lowest BCUT2D eigenvalue weighted by Gasteiger charge is -2.08. The number of nitrogens with one attached hydrogen (secondary N) is 1. The maximum Gasteiger partial charge on any atom is 0.119 e. The van der Waals surface area contributed by atoms with Gasteiger partial charge in [-0.3, -0.25) is 0 Å². The van der Waals surface area contributed by atoms with Gasteiger partial charge in [0.05, 0.1) is 6.61 Å². The number of rotatable bonds is 10. The predicted molar refractivity (Wildman–Crippen MR) is 75.3 cm³/mol. The fourth-order valence-electron chi connectivity index (χ4n) is 1.56. The van der Waals surface area contributed by atoms with Crippen LogP contribution in [0.15, 0.2) is 24.3 Å². The molecule has 0 aliphatic carbocycles. The molecule has 102 valence electrons. The van der Waals surface area contributed by atoms with Crippen molar-refractivity contribution in [1.82, 2.24) is 5.32 Å². The van der Waals surface area contributed by atoms with Crippen LogP contribution in [0.5, 0.6) is 5.75 Å². The minimum absolute atomic E-state index is 0.693. The van der Waals surface area contributed by atoms with Gasteiger partial charge in [0.2, 0.25) is 0 Å². The maximum atomic E-state index is 5.63. The van der Waals surface area contributed by atoms with Gasteiger partial charge in [-0.2, -0.15) is 0 Å². The Morgan fingerprint density at radius 1 is 1.11 bits per heavy atom. The largest absolute Gasteiger partial charge is 0.492 e. The molecular formula is C15H25NO2. The highest BCUT2D eigenvalue weighted by atomic mass is 16.5. The predicted octanol–water partition coefficient (Wildman–Crippen LogP) is 2.78. The van der Waals surface area contributed by atoms with Crippen molar-refractivity contribution < 1.29 is 9.47 Å². The number of aryl methyl sites for hydroxylation is 1. The van der Waals surface area contributed by atoms with Crippen LogP contribution in [0.2, 0.25) is 0 Å². The molecule has 3 nitrogen and oxygen atoms in total. The van der Waals surface area contributed by atoms with Gasteiger partial charge in [-0.05, 0) is 31.0 Å². The van der Waals surface area contributed by atoms with Crippen molar-refractivity contribution >= 4 is 0 Å². The van der Waals surface area contributed by atoms with Gasteiger partial charge in [0.25, 0.3) is 0 Å². The van der Waals surface area contributed by atoms with Gasteiger partial charge >= 0.3 is 0 Å². The van der Waals surface area contributed by atoms with Crippen LogP contribution >= 0.6 is 0 Å². The summed E-state index contributed by atoms with van der Waals surface area (Å²) < 4.78 is 11.1. The molecule has 0 aliphatic heterocycles. The molecule has 18 heavy (non-hydrogen) atoms. The van der Waals surface area contributed by atoms with Crippen molar-refractivity contribution in [2.24, 2.45) is 0 Å². The monoisotopic (exact) mass is 251 g/mol. The van der Waals surface area contributed by atoms with Crippen LogP contribution in [-0.2, 0) is 4.74 Å². The summed E-state index contributed by atoms with van der Waals surface area (Å²) in [5.41, 5.74) is 1.23. The van der Waals surface area contributed by atoms with E-state index in [2.05, 4.69) is 25.2 Å². The summed E-state index contributed by atoms with van der Waals surface area (Å²) >= 11 is 0. The summed E-state index contributed by atoms with van der Waals surface area (Å²) in [6.45, 7) is 8.33. The molecule has 0 aromatic heterocycles. The standard InChI is InChI=1S/C15H25NO2/c1-3-4-10-17-11-8-16-9-12-18-15-7-5-6-14(2)13-15/h5-7,13,16H,3-4,8-12H2,1-2H3. The number of benzene rings is 1. The molecule has 1 rings (SSSR count). The first kappa shape index (κ1) is 15.0. The third-order valence-electron chi connectivity index (χ3n) is 2.60. The van der Waals surface area contributed by atoms with Gasteiger partial charge in [0.1, 0.15) is 12.4 Å². The molecular weight excluding hydrogens is 226 g/mol. The number of hydrogen-bond acceptors (Lipinski definition) is 3. The molecule has 0 amide bonds. The van der Waals surface area contributed by atoms with E-state index in [1.54, 1.807) is 0 Å². The minimum atomic E-state index is 0.693. The van der Waals surface area contributed by atoms with Crippen LogP contribution in [0.3, 0.4) is 0 Å². The van der Waals surface area contributed by atoms with Crippen molar-refractivity contribution in [3.05, 3.63) is 29.8 Å². The van der Waals surface area contributed by atoms with E-state index >= 15 is 0 Å². The summed E-state index contributed by atoms with van der Waals surface area (Å²) in [6.07, 6.45) is 2.34. The fourth-order valence-corrected chi connectivity index (χ4v) is 1.56. The van der Waals surface area contributed by atoms with Crippen LogP contribution in [0.4, 0.5) is 0 Å². The molecule has 0 spiro atoms. The Bertz CT molecular complexity index is 315. The first-order valence-corrected chi connectivity index (χ1v) is 6.81. The smallest absolute Gasteiger partial charge is 0.119 e. The van der Waals surface area contributed by atoms with Crippen LogP contribution < -0.4 is 10.1 Å². The zero-order valence-corrected chi connectivity index (χ0v) is 11.6. The molecule has 1 aromatic carbocycles. The van der Waals surface area contributed by atoms with Crippen LogP contribution in [0.1, 0.15) is 25.3 Å². The molecule has 0 saturated carbocycles. The molecule has 1 N–H and O–H groups in total. The van der Waals surface area contributed by atoms with E-state index in [0.29, 0.717) is 6.61 Å². The maximum absolute atomic E-state index is 5.63. The molecule has 0 saturated heterocycles. The van der Waals surface area contributed by atoms with Gasteiger partial charge in [-0.15, -0.1) is 0 Å². The Balaban J connectivity index is 1.92. The first-order valence-electron chi connectivity index (χ1n) is 6.81. The Morgan fingerprint density at radius 2 is 1.94 bits per heavy atom. The summed E-state index contributed by atoms with van der Waals surface area (Å²) in [7, 11) is 0. The zero-order chi connectivity index (χ0) is 13.1. The molecule has 0 fully saturated rings. The van der Waals surface area contributed by atoms with Crippen LogP contribution in [-0.4, -0.2) is 32.9 Å². The van der Waals surface area contributed by atoms with E-state index < -0.39 is 0 Å². The Morgan fingerprint density at radius 3 is 2.72 bits per heavy atom. The highest BCUT2D eigenvalue weighted by molar-refractivity contribution is 5.27. The second kappa shape index (κ2) is 9.92. The second-order valence-electron chi connectivity index (χ2n) is 4.38. The Kier molecular flexibility index (Phi) is 8.26. The average molecular weight is 251 g/mol. The van der Waals surface area contributed by atoms with E-state index in [9.17, 15) is 0 Å². The highest BCUT2D eigenvalue weighted by Gasteiger charge is 1.93. The van der Waals surface area contributed by atoms with Crippen molar-refractivity contribution in [2.45, 2.75) is 26.7 Å². The third kappa shape index (κ3) is 7.30. The van der Waals surface area contributed by atoms with Crippen molar-refractivity contribution in [1.29, 1.82) is 0 Å². The van der Waals surface area contributed by atoms with E-state index in [-0.39, 0.29) is 0 Å². The van der Waals surface area contributed by atoms with Gasteiger partial charge < -0.3 is 14.8 Å². The van der Waals surface area contributed by atoms with Crippen LogP contribution in [0.25, 0.3) is 0 Å². The summed E-state index contributed by atoms with van der Waals surface area (Å²) in [5.74, 6) is 0.941. The van der Waals surface area contributed by atoms with Gasteiger partial charge in [-0.25, -0.2) is 0 Å². The zero-order valence-electron chi connectivity index (χ0n) is 11.6. The lowest BCUT2D eigenvalue weighted by Crippen LogP contribution is -2.25. The van der Waals surface area contributed by atoms with E-state index in [0.717, 1.165) is 38.5 Å². The van der Waals surface area contributed by atoms with E-state index in [1.807, 2.05) is 18.2 Å². The lowest BCUT2D eigenvalue weighted by atomic mass is 10.2. The normalized spacial score (nSPS) is 10.6. The average Bonchev–Trinajstić information content (AvgIpc) is 2.37. The second-order valence-corrected chi connectivity index (χ2v) is 4.38. The SMILES string of the molecule is CCCCOCCNCCOc1cccc(C)c1. The van der Waals surface area contributed by atoms with Crippen molar-refractivity contribution in [2.75, 3.05) is 32.9 Å². The minimum Gasteiger partial charge on any atom is -0.492 e. The molecule has 0 bridgehead atoms. The first-order chi connectivity index (χ1) is 8.83. The highest BCUT2D eigenvalue weighted by Crippen LogP contribution is 2.11. The molecule has 1 aromatic rings. The number of unbranched alkanes of at least 4 members (excludes halogenated alkanes) is 1. The van der Waals surface area contributed by atoms with E-state index in [4.69, 9.17) is 9.47 Å². The van der Waals surface area contributed by atoms with Crippen LogP contribution in [0, 0.1) is 6.92 Å². The number of ether oxygens (including phenoxy) is 2. The molecule has 0 aliphatic rings. The van der Waals surface area contributed by atoms with Gasteiger partial charge in [-0.1, -0.05) is 25.5 Å². The topological polar surface area (TPSA) is 30.5 Å². The van der Waals surface area contributed by atoms with Gasteiger partial charge in [0.15, 0.2) is 0 Å². The fraction of sp³-hybridized carbons (Fsp3) is 0.600.